The van der Waals surface area contributed by atoms with Gasteiger partial charge in [0.25, 0.3) is 12.0 Å². The molecule has 0 spiro atoms. The van der Waals surface area contributed by atoms with Gasteiger partial charge in [0.05, 0.1) is 24.7 Å². The number of halogens is 3. The normalized spacial score (nSPS) is 14.7. The summed E-state index contributed by atoms with van der Waals surface area (Å²) >= 11 is 0. The average Bonchev–Trinajstić information content (AvgIpc) is 2.87. The first kappa shape index (κ1) is 27.4. The first-order valence-corrected chi connectivity index (χ1v) is 12.2. The number of alkyl halides is 2. The van der Waals surface area contributed by atoms with Crippen LogP contribution in [0.1, 0.15) is 33.9 Å². The molecule has 0 unspecified atom stereocenters. The zero-order valence-electron chi connectivity index (χ0n) is 20.9. The second-order valence-electron chi connectivity index (χ2n) is 9.21. The van der Waals surface area contributed by atoms with Gasteiger partial charge in [-0.3, -0.25) is 9.69 Å². The van der Waals surface area contributed by atoms with Crippen LogP contribution in [0.2, 0.25) is 0 Å². The zero-order chi connectivity index (χ0) is 27.1. The number of methoxy groups -OCH3 is 1. The molecular weight excluding hydrogens is 497 g/mol. The molecular formula is C28H29F3N4O3. The van der Waals surface area contributed by atoms with E-state index >= 15 is 4.39 Å². The predicted octanol–water partition coefficient (Wildman–Crippen LogP) is 3.03. The van der Waals surface area contributed by atoms with Gasteiger partial charge in [-0.15, -0.1) is 0 Å². The van der Waals surface area contributed by atoms with Crippen LogP contribution in [0.3, 0.4) is 0 Å². The van der Waals surface area contributed by atoms with Gasteiger partial charge in [0.1, 0.15) is 5.82 Å². The third kappa shape index (κ3) is 7.22. The van der Waals surface area contributed by atoms with Gasteiger partial charge in [-0.2, -0.15) is 0 Å². The van der Waals surface area contributed by atoms with Crippen LogP contribution in [0.4, 0.5) is 13.2 Å². The van der Waals surface area contributed by atoms with E-state index in [4.69, 9.17) is 4.74 Å². The summed E-state index contributed by atoms with van der Waals surface area (Å²) in [6, 6.07) is 12.4. The Morgan fingerprint density at radius 3 is 2.55 bits per heavy atom. The smallest absolute Gasteiger partial charge is 0.293 e. The Hall–Kier alpha value is -3.65. The Morgan fingerprint density at radius 2 is 1.87 bits per heavy atom. The van der Waals surface area contributed by atoms with Crippen molar-refractivity contribution in [3.63, 3.8) is 0 Å². The van der Waals surface area contributed by atoms with Gasteiger partial charge in [0.15, 0.2) is 0 Å². The summed E-state index contributed by atoms with van der Waals surface area (Å²) in [6.45, 7) is 2.11. The fourth-order valence-electron chi connectivity index (χ4n) is 4.30. The van der Waals surface area contributed by atoms with Crippen molar-refractivity contribution >= 4 is 0 Å². The molecule has 3 N–H and O–H groups in total. The second kappa shape index (κ2) is 12.7. The number of aromatic nitrogens is 2. The Morgan fingerprint density at radius 1 is 1.16 bits per heavy atom. The lowest BCUT2D eigenvalue weighted by atomic mass is 9.92. The van der Waals surface area contributed by atoms with Crippen molar-refractivity contribution in [3.05, 3.63) is 92.9 Å². The van der Waals surface area contributed by atoms with Crippen LogP contribution in [-0.2, 0) is 17.7 Å². The van der Waals surface area contributed by atoms with Crippen molar-refractivity contribution in [2.24, 2.45) is 0 Å². The number of hydrogen-bond acceptors (Lipinski definition) is 6. The molecule has 2 aromatic carbocycles. The van der Waals surface area contributed by atoms with Crippen LogP contribution in [0, 0.1) is 17.7 Å². The molecule has 0 radical (unpaired) electrons. The number of ether oxygens (including phenoxy) is 1. The first-order valence-electron chi connectivity index (χ1n) is 12.2. The fraction of sp³-hybridized carbons (Fsp3) is 0.357. The molecule has 200 valence electrons. The van der Waals surface area contributed by atoms with Gasteiger partial charge in [0.2, 0.25) is 5.75 Å². The molecule has 10 heteroatoms. The summed E-state index contributed by atoms with van der Waals surface area (Å²) in [6.07, 6.45) is -1.16. The summed E-state index contributed by atoms with van der Waals surface area (Å²) in [4.78, 5) is 20.2. The van der Waals surface area contributed by atoms with Crippen molar-refractivity contribution in [2.45, 2.75) is 31.4 Å². The number of aromatic hydroxyl groups is 1. The average molecular weight is 527 g/mol. The van der Waals surface area contributed by atoms with Gasteiger partial charge in [0, 0.05) is 56.8 Å². The van der Waals surface area contributed by atoms with E-state index in [-0.39, 0.29) is 24.2 Å². The molecule has 38 heavy (non-hydrogen) atoms. The summed E-state index contributed by atoms with van der Waals surface area (Å²) in [5.74, 6) is 4.19. The molecule has 1 atom stereocenters. The van der Waals surface area contributed by atoms with Crippen LogP contribution in [0.5, 0.6) is 5.75 Å². The maximum Gasteiger partial charge on any atom is 0.293 e. The molecule has 1 aromatic heterocycles. The molecule has 0 bridgehead atoms. The Kier molecular flexibility index (Phi) is 9.18. The topological polar surface area (TPSA) is 90.5 Å². The number of aromatic amines is 1. The molecule has 3 aromatic rings. The second-order valence-corrected chi connectivity index (χ2v) is 9.21. The lowest BCUT2D eigenvalue weighted by molar-refractivity contribution is -0.0333. The molecule has 4 rings (SSSR count). The van der Waals surface area contributed by atoms with Crippen molar-refractivity contribution in [3.8, 4) is 17.6 Å². The highest BCUT2D eigenvalue weighted by atomic mass is 19.3. The largest absolute Gasteiger partial charge is 0.502 e. The molecule has 0 aliphatic carbocycles. The quantitative estimate of drug-likeness (QED) is 0.352. The molecule has 1 saturated heterocycles. The minimum absolute atomic E-state index is 0.00386. The number of H-pyrrole nitrogens is 1. The van der Waals surface area contributed by atoms with Gasteiger partial charge in [-0.25, -0.2) is 18.2 Å². The SMILES string of the molecule is COC1CN(Cc2ccc(C#Cc3ccc([C@@H](CNCC(F)F)Cc4nc[nH]c(=O)c4O)c(F)c3)cc2)C1. The van der Waals surface area contributed by atoms with E-state index in [0.29, 0.717) is 11.7 Å². The molecule has 1 aliphatic heterocycles. The maximum absolute atomic E-state index is 15.2. The van der Waals surface area contributed by atoms with E-state index in [9.17, 15) is 18.7 Å². The minimum atomic E-state index is -2.57. The van der Waals surface area contributed by atoms with E-state index in [1.54, 1.807) is 19.2 Å². The van der Waals surface area contributed by atoms with Crippen molar-refractivity contribution in [1.82, 2.24) is 20.2 Å². The lowest BCUT2D eigenvalue weighted by Crippen LogP contribution is -2.50. The third-order valence-electron chi connectivity index (χ3n) is 6.44. The van der Waals surface area contributed by atoms with Crippen LogP contribution in [0.25, 0.3) is 0 Å². The number of nitrogens with one attached hydrogen (secondary N) is 2. The zero-order valence-corrected chi connectivity index (χ0v) is 20.9. The van der Waals surface area contributed by atoms with Crippen LogP contribution in [0.15, 0.2) is 53.6 Å². The standard InChI is InChI=1S/C28H29F3N4O3/c1-38-22-15-35(16-22)14-20-6-3-18(4-7-20)2-5-19-8-9-23(24(29)10-19)21(12-32-13-26(30)31)11-25-27(36)28(37)34-17-33-25/h3-4,6-10,17,21-22,26,32,36H,11-16H2,1H3,(H,33,34,37)/t21-/m1/s1. The molecule has 7 nitrogen and oxygen atoms in total. The predicted molar refractivity (Wildman–Crippen MR) is 137 cm³/mol. The minimum Gasteiger partial charge on any atom is -0.502 e. The lowest BCUT2D eigenvalue weighted by Gasteiger charge is -2.38. The summed E-state index contributed by atoms with van der Waals surface area (Å²) in [5.41, 5.74) is 1.99. The van der Waals surface area contributed by atoms with E-state index in [2.05, 4.69) is 32.0 Å². The molecule has 1 aliphatic rings. The molecule has 1 fully saturated rings. The van der Waals surface area contributed by atoms with E-state index < -0.39 is 36.0 Å². The van der Waals surface area contributed by atoms with Crippen LogP contribution >= 0.6 is 0 Å². The summed E-state index contributed by atoms with van der Waals surface area (Å²) in [5, 5.41) is 12.6. The Balaban J connectivity index is 1.45. The van der Waals surface area contributed by atoms with E-state index in [0.717, 1.165) is 31.5 Å². The van der Waals surface area contributed by atoms with Crippen LogP contribution < -0.4 is 10.9 Å². The van der Waals surface area contributed by atoms with E-state index in [1.165, 1.54) is 11.6 Å². The maximum atomic E-state index is 15.2. The van der Waals surface area contributed by atoms with E-state index in [1.807, 2.05) is 24.3 Å². The Bertz CT molecular complexity index is 1350. The first-order chi connectivity index (χ1) is 18.3. The van der Waals surface area contributed by atoms with Crippen molar-refractivity contribution in [2.75, 3.05) is 33.3 Å². The fourth-order valence-corrected chi connectivity index (χ4v) is 4.30. The molecule has 0 amide bonds. The number of rotatable bonds is 10. The highest BCUT2D eigenvalue weighted by Crippen LogP contribution is 2.25. The van der Waals surface area contributed by atoms with Crippen LogP contribution in [-0.4, -0.2) is 65.8 Å². The van der Waals surface area contributed by atoms with Gasteiger partial charge in [-0.1, -0.05) is 30.0 Å². The monoisotopic (exact) mass is 526 g/mol. The molecule has 0 saturated carbocycles. The Labute approximate surface area is 218 Å². The van der Waals surface area contributed by atoms with Crippen molar-refractivity contribution in [1.29, 1.82) is 0 Å². The van der Waals surface area contributed by atoms with Gasteiger partial charge >= 0.3 is 0 Å². The van der Waals surface area contributed by atoms with Gasteiger partial charge in [-0.05, 0) is 35.4 Å². The summed E-state index contributed by atoms with van der Waals surface area (Å²) < 4.78 is 45.8. The number of hydrogen-bond donors (Lipinski definition) is 3. The highest BCUT2D eigenvalue weighted by Gasteiger charge is 2.26. The highest BCUT2D eigenvalue weighted by molar-refractivity contribution is 5.45. The third-order valence-corrected chi connectivity index (χ3v) is 6.44. The summed E-state index contributed by atoms with van der Waals surface area (Å²) in [7, 11) is 1.72. The number of likely N-dealkylation sites (tertiary alicyclic amines) is 1. The number of benzene rings is 2. The van der Waals surface area contributed by atoms with Crippen molar-refractivity contribution < 1.29 is 23.0 Å². The number of nitrogens with zero attached hydrogens (tertiary/aromatic N) is 2. The molecule has 2 heterocycles. The van der Waals surface area contributed by atoms with Gasteiger partial charge < -0.3 is 20.1 Å².